The van der Waals surface area contributed by atoms with Crippen LogP contribution in [0.3, 0.4) is 0 Å². The lowest BCUT2D eigenvalue weighted by molar-refractivity contribution is -0.126. The summed E-state index contributed by atoms with van der Waals surface area (Å²) < 4.78 is 5.49. The van der Waals surface area contributed by atoms with Crippen LogP contribution in [-0.2, 0) is 9.53 Å². The Bertz CT molecular complexity index is 386. The molecule has 0 spiro atoms. The van der Waals surface area contributed by atoms with E-state index >= 15 is 0 Å². The number of benzene rings is 1. The van der Waals surface area contributed by atoms with Gasteiger partial charge in [0.05, 0.1) is 12.7 Å². The van der Waals surface area contributed by atoms with Gasteiger partial charge in [-0.2, -0.15) is 0 Å². The number of hydrogen-bond donors (Lipinski definition) is 1. The summed E-state index contributed by atoms with van der Waals surface area (Å²) in [5.41, 5.74) is 0.900. The Morgan fingerprint density at radius 1 is 1.39 bits per heavy atom. The maximum absolute atomic E-state index is 12.3. The Morgan fingerprint density at radius 2 is 2.06 bits per heavy atom. The predicted octanol–water partition coefficient (Wildman–Crippen LogP) is 1.45. The highest BCUT2D eigenvalue weighted by atomic mass is 35.5. The van der Waals surface area contributed by atoms with Crippen LogP contribution < -0.4 is 10.2 Å². The van der Waals surface area contributed by atoms with Crippen LogP contribution in [0.5, 0.6) is 0 Å². The van der Waals surface area contributed by atoms with Crippen molar-refractivity contribution in [2.24, 2.45) is 0 Å². The van der Waals surface area contributed by atoms with Gasteiger partial charge in [-0.1, -0.05) is 18.2 Å². The number of para-hydroxylation sites is 1. The molecule has 18 heavy (non-hydrogen) atoms. The molecule has 1 amide bonds. The zero-order valence-corrected chi connectivity index (χ0v) is 11.4. The molecule has 2 rings (SSSR count). The van der Waals surface area contributed by atoms with E-state index in [2.05, 4.69) is 5.32 Å². The van der Waals surface area contributed by atoms with Gasteiger partial charge in [0.15, 0.2) is 0 Å². The number of nitrogens with zero attached hydrogens (tertiary/aromatic N) is 1. The maximum atomic E-state index is 12.3. The monoisotopic (exact) mass is 270 g/mol. The van der Waals surface area contributed by atoms with Gasteiger partial charge in [0.1, 0.15) is 6.04 Å². The number of likely N-dealkylation sites (N-methyl/N-ethyl adjacent to an activating group) is 1. The number of ether oxygens (including phenoxy) is 1. The molecule has 1 heterocycles. The van der Waals surface area contributed by atoms with E-state index in [0.717, 1.165) is 12.2 Å². The molecule has 0 aromatic heterocycles. The first-order chi connectivity index (χ1) is 8.20. The molecule has 1 aliphatic rings. The molecule has 100 valence electrons. The van der Waals surface area contributed by atoms with Gasteiger partial charge in [-0.15, -0.1) is 12.4 Å². The second-order valence-corrected chi connectivity index (χ2v) is 4.24. The fourth-order valence-corrected chi connectivity index (χ4v) is 2.00. The molecule has 2 atom stereocenters. The fourth-order valence-electron chi connectivity index (χ4n) is 2.00. The second kappa shape index (κ2) is 6.73. The molecule has 1 aromatic rings. The number of nitrogens with one attached hydrogen (secondary N) is 1. The molecule has 1 aromatic carbocycles. The fraction of sp³-hybridized carbons (Fsp3) is 0.462. The molecule has 1 saturated heterocycles. The van der Waals surface area contributed by atoms with E-state index < -0.39 is 0 Å². The van der Waals surface area contributed by atoms with Crippen molar-refractivity contribution in [1.29, 1.82) is 0 Å². The number of amides is 1. The average molecular weight is 271 g/mol. The van der Waals surface area contributed by atoms with Crippen molar-refractivity contribution in [2.45, 2.75) is 19.1 Å². The zero-order chi connectivity index (χ0) is 12.3. The number of rotatable bonds is 2. The van der Waals surface area contributed by atoms with E-state index in [0.29, 0.717) is 6.61 Å². The second-order valence-electron chi connectivity index (χ2n) is 4.24. The zero-order valence-electron chi connectivity index (χ0n) is 10.6. The van der Waals surface area contributed by atoms with Crippen LogP contribution in [0.15, 0.2) is 30.3 Å². The first-order valence-corrected chi connectivity index (χ1v) is 5.88. The number of halogens is 1. The summed E-state index contributed by atoms with van der Waals surface area (Å²) in [4.78, 5) is 14.0. The maximum Gasteiger partial charge on any atom is 0.246 e. The molecular formula is C13H19ClN2O2. The number of hydrogen-bond acceptors (Lipinski definition) is 3. The molecule has 4 nitrogen and oxygen atoms in total. The Morgan fingerprint density at radius 3 is 2.67 bits per heavy atom. The highest BCUT2D eigenvalue weighted by Crippen LogP contribution is 2.15. The van der Waals surface area contributed by atoms with Crippen LogP contribution in [0, 0.1) is 0 Å². The summed E-state index contributed by atoms with van der Waals surface area (Å²) in [6, 6.07) is 9.37. The largest absolute Gasteiger partial charge is 0.375 e. The van der Waals surface area contributed by atoms with Crippen molar-refractivity contribution in [3.63, 3.8) is 0 Å². The Kier molecular flexibility index (Phi) is 5.59. The van der Waals surface area contributed by atoms with Gasteiger partial charge in [-0.3, -0.25) is 4.79 Å². The van der Waals surface area contributed by atoms with Crippen molar-refractivity contribution in [2.75, 3.05) is 25.1 Å². The Labute approximate surface area is 114 Å². The minimum absolute atomic E-state index is 0. The highest BCUT2D eigenvalue weighted by Gasteiger charge is 2.30. The summed E-state index contributed by atoms with van der Waals surface area (Å²) in [6.07, 6.45) is -0.0811. The smallest absolute Gasteiger partial charge is 0.246 e. The number of anilines is 1. The number of carbonyl (C=O) groups excluding carboxylic acids is 1. The summed E-state index contributed by atoms with van der Waals surface area (Å²) in [6.45, 7) is 3.32. The van der Waals surface area contributed by atoms with E-state index in [1.54, 1.807) is 11.9 Å². The summed E-state index contributed by atoms with van der Waals surface area (Å²) in [5, 5.41) is 3.20. The first-order valence-electron chi connectivity index (χ1n) is 5.88. The molecule has 0 saturated carbocycles. The van der Waals surface area contributed by atoms with E-state index in [-0.39, 0.29) is 30.5 Å². The van der Waals surface area contributed by atoms with Crippen molar-refractivity contribution in [3.05, 3.63) is 30.3 Å². The summed E-state index contributed by atoms with van der Waals surface area (Å²) in [7, 11) is 1.79. The van der Waals surface area contributed by atoms with Gasteiger partial charge in [-0.05, 0) is 19.1 Å². The van der Waals surface area contributed by atoms with Crippen LogP contribution in [0.4, 0.5) is 5.69 Å². The first kappa shape index (κ1) is 15.0. The predicted molar refractivity (Wildman–Crippen MR) is 74.3 cm³/mol. The molecule has 0 unspecified atom stereocenters. The quantitative estimate of drug-likeness (QED) is 0.884. The van der Waals surface area contributed by atoms with Crippen molar-refractivity contribution < 1.29 is 9.53 Å². The van der Waals surface area contributed by atoms with Crippen molar-refractivity contribution >= 4 is 24.0 Å². The molecule has 0 radical (unpaired) electrons. The third-order valence-corrected chi connectivity index (χ3v) is 3.06. The van der Waals surface area contributed by atoms with Crippen LogP contribution in [0.25, 0.3) is 0 Å². The molecular weight excluding hydrogens is 252 g/mol. The summed E-state index contributed by atoms with van der Waals surface area (Å²) >= 11 is 0. The Balaban J connectivity index is 0.00000162. The molecule has 1 N–H and O–H groups in total. The average Bonchev–Trinajstić information content (AvgIpc) is 2.39. The van der Waals surface area contributed by atoms with E-state index in [9.17, 15) is 4.79 Å². The minimum Gasteiger partial charge on any atom is -0.375 e. The standard InChI is InChI=1S/C13H18N2O2.ClH/c1-10-12(14-8-9-17-10)13(16)15(2)11-6-4-3-5-7-11;/h3-7,10,12,14H,8-9H2,1-2H3;1H/t10-,12+;/m1./s1. The van der Waals surface area contributed by atoms with Crippen molar-refractivity contribution in [1.82, 2.24) is 5.32 Å². The highest BCUT2D eigenvalue weighted by molar-refractivity contribution is 5.97. The van der Waals surface area contributed by atoms with Gasteiger partial charge in [0.25, 0.3) is 0 Å². The third kappa shape index (κ3) is 3.22. The van der Waals surface area contributed by atoms with Gasteiger partial charge in [0.2, 0.25) is 5.91 Å². The third-order valence-electron chi connectivity index (χ3n) is 3.06. The van der Waals surface area contributed by atoms with E-state index in [1.807, 2.05) is 37.3 Å². The van der Waals surface area contributed by atoms with Crippen LogP contribution in [0.1, 0.15) is 6.92 Å². The number of morpholine rings is 1. The Hall–Kier alpha value is -1.10. The lowest BCUT2D eigenvalue weighted by Gasteiger charge is -2.32. The molecule has 1 fully saturated rings. The molecule has 1 aliphatic heterocycles. The lowest BCUT2D eigenvalue weighted by atomic mass is 10.1. The van der Waals surface area contributed by atoms with Gasteiger partial charge in [0, 0.05) is 19.3 Å². The van der Waals surface area contributed by atoms with Gasteiger partial charge >= 0.3 is 0 Å². The molecule has 0 aliphatic carbocycles. The van der Waals surface area contributed by atoms with E-state index in [4.69, 9.17) is 4.74 Å². The van der Waals surface area contributed by atoms with Crippen LogP contribution >= 0.6 is 12.4 Å². The number of carbonyl (C=O) groups is 1. The van der Waals surface area contributed by atoms with Gasteiger partial charge in [-0.25, -0.2) is 0 Å². The normalized spacial score (nSPS) is 23.0. The topological polar surface area (TPSA) is 41.6 Å². The molecule has 5 heteroatoms. The van der Waals surface area contributed by atoms with Crippen LogP contribution in [0.2, 0.25) is 0 Å². The molecule has 0 bridgehead atoms. The summed E-state index contributed by atoms with van der Waals surface area (Å²) in [5.74, 6) is 0.0448. The lowest BCUT2D eigenvalue weighted by Crippen LogP contribution is -2.55. The SMILES string of the molecule is C[C@H]1OCCN[C@@H]1C(=O)N(C)c1ccccc1.Cl. The van der Waals surface area contributed by atoms with Crippen LogP contribution in [-0.4, -0.2) is 38.3 Å². The van der Waals surface area contributed by atoms with Crippen molar-refractivity contribution in [3.8, 4) is 0 Å². The minimum atomic E-state index is -0.256. The van der Waals surface area contributed by atoms with E-state index in [1.165, 1.54) is 0 Å². The van der Waals surface area contributed by atoms with Gasteiger partial charge < -0.3 is 15.0 Å².